The van der Waals surface area contributed by atoms with Crippen molar-refractivity contribution in [3.05, 3.63) is 226 Å². The second kappa shape index (κ2) is 26.3. The molecule has 23 nitrogen and oxygen atoms in total. The largest absolute Gasteiger partial charge is 0.436 e. The van der Waals surface area contributed by atoms with Crippen molar-refractivity contribution >= 4 is 81.4 Å². The predicted molar refractivity (Wildman–Crippen MR) is 332 cm³/mol. The maximum Gasteiger partial charge on any atom is 0.293 e. The van der Waals surface area contributed by atoms with E-state index < -0.39 is 5.91 Å². The SMILES string of the molecule is Cc1nc(C)c(C(=O)Nc2ccnc(-c3nc4ncc(-c5ccccc5)cn4n3)c2)o1.Cc1nc(C)c(C(N)=O)o1.Cl.Clc1ccnc(-c2nc3ncc(-c4ccccc4)cn3n2)c1.Ic1ccnc(-c2nc3ncc(-c4ccccc4)cn3n2)c1. The first-order valence-corrected chi connectivity index (χ1v) is 27.3. The number of carbonyl (C=O) groups is 2. The van der Waals surface area contributed by atoms with Gasteiger partial charge >= 0.3 is 0 Å². The summed E-state index contributed by atoms with van der Waals surface area (Å²) in [5.74, 6) is 3.31. The van der Waals surface area contributed by atoms with Gasteiger partial charge in [0.15, 0.2) is 11.8 Å². The highest BCUT2D eigenvalue weighted by Gasteiger charge is 2.18. The summed E-state index contributed by atoms with van der Waals surface area (Å²) in [5.41, 5.74) is 14.6. The van der Waals surface area contributed by atoms with Crippen molar-refractivity contribution in [2.75, 3.05) is 5.32 Å². The number of halogens is 3. The maximum atomic E-state index is 12.5. The van der Waals surface area contributed by atoms with Crippen molar-refractivity contribution in [2.24, 2.45) is 5.73 Å². The lowest BCUT2D eigenvalue weighted by atomic mass is 10.1. The number of rotatable bonds is 9. The first-order valence-electron chi connectivity index (χ1n) is 25.8. The van der Waals surface area contributed by atoms with E-state index in [1.54, 1.807) is 96.5 Å². The second-order valence-electron chi connectivity index (χ2n) is 18.4. The summed E-state index contributed by atoms with van der Waals surface area (Å²) in [6.07, 6.45) is 16.0. The first-order chi connectivity index (χ1) is 41.3. The molecule has 0 aliphatic heterocycles. The number of anilines is 1. The lowest BCUT2D eigenvalue weighted by molar-refractivity contribution is 0.0969. The van der Waals surface area contributed by atoms with Gasteiger partial charge in [-0.15, -0.1) is 27.7 Å². The number of hydrogen-bond donors (Lipinski definition) is 2. The minimum atomic E-state index is -0.571. The number of nitrogens with zero attached hydrogens (tertiary/aromatic N) is 17. The van der Waals surface area contributed by atoms with Crippen LogP contribution in [0.2, 0.25) is 5.02 Å². The molecule has 0 saturated heterocycles. The molecule has 3 N–H and O–H groups in total. The van der Waals surface area contributed by atoms with Crippen LogP contribution in [0.1, 0.15) is 44.3 Å². The van der Waals surface area contributed by atoms with E-state index in [-0.39, 0.29) is 29.8 Å². The van der Waals surface area contributed by atoms with Gasteiger partial charge in [0.2, 0.25) is 29.0 Å². The summed E-state index contributed by atoms with van der Waals surface area (Å²) in [4.78, 5) is 70.3. The van der Waals surface area contributed by atoms with Crippen molar-refractivity contribution < 1.29 is 18.4 Å². The Morgan fingerprint density at radius 1 is 0.488 bits per heavy atom. The van der Waals surface area contributed by atoms with Crippen LogP contribution in [0.5, 0.6) is 0 Å². The Bertz CT molecular complexity index is 4530. The number of hydrogen-bond acceptors (Lipinski definition) is 18. The van der Waals surface area contributed by atoms with Crippen LogP contribution in [0, 0.1) is 31.3 Å². The van der Waals surface area contributed by atoms with Gasteiger partial charge in [-0.2, -0.15) is 15.0 Å². The van der Waals surface area contributed by atoms with E-state index in [1.807, 2.05) is 128 Å². The Kier molecular flexibility index (Phi) is 18.0. The molecule has 11 heterocycles. The van der Waals surface area contributed by atoms with Gasteiger partial charge < -0.3 is 19.9 Å². The van der Waals surface area contributed by atoms with E-state index in [2.05, 4.69) is 98.0 Å². The first kappa shape index (κ1) is 58.6. The van der Waals surface area contributed by atoms with Crippen molar-refractivity contribution in [1.29, 1.82) is 0 Å². The van der Waals surface area contributed by atoms with Gasteiger partial charge in [-0.3, -0.25) is 24.5 Å². The summed E-state index contributed by atoms with van der Waals surface area (Å²) >= 11 is 8.23. The molecule has 26 heteroatoms. The summed E-state index contributed by atoms with van der Waals surface area (Å²) in [6.45, 7) is 6.76. The normalized spacial score (nSPS) is 10.7. The Labute approximate surface area is 513 Å². The average Bonchev–Trinajstić information content (AvgIpc) is 2.65. The van der Waals surface area contributed by atoms with Crippen LogP contribution in [-0.4, -0.2) is 95.5 Å². The smallest absolute Gasteiger partial charge is 0.293 e. The third kappa shape index (κ3) is 13.9. The maximum absolute atomic E-state index is 12.5. The van der Waals surface area contributed by atoms with Crippen LogP contribution in [0.25, 0.3) is 85.3 Å². The number of pyridine rings is 3. The number of fused-ring (bicyclic) bond motifs is 3. The molecule has 0 spiro atoms. The molecule has 14 rings (SSSR count). The number of nitrogens with two attached hydrogens (primary N) is 1. The Hall–Kier alpha value is -10.6. The van der Waals surface area contributed by atoms with E-state index >= 15 is 0 Å². The molecule has 2 amide bonds. The highest BCUT2D eigenvalue weighted by atomic mass is 127. The molecule has 3 aromatic carbocycles. The van der Waals surface area contributed by atoms with Crippen LogP contribution in [0.15, 0.2) is 192 Å². The number of oxazole rings is 2. The van der Waals surface area contributed by atoms with Crippen molar-refractivity contribution in [3.63, 3.8) is 0 Å². The van der Waals surface area contributed by atoms with Gasteiger partial charge in [-0.25, -0.2) is 38.5 Å². The number of benzene rings is 3. The van der Waals surface area contributed by atoms with Crippen LogP contribution in [-0.2, 0) is 0 Å². The minimum absolute atomic E-state index is 0. The van der Waals surface area contributed by atoms with Gasteiger partial charge in [-0.05, 0) is 89.5 Å². The van der Waals surface area contributed by atoms with E-state index in [0.29, 0.717) is 80.1 Å². The number of aryl methyl sites for hydroxylation is 4. The van der Waals surface area contributed by atoms with Crippen molar-refractivity contribution in [2.45, 2.75) is 27.7 Å². The number of carbonyl (C=O) groups excluding carboxylic acids is 2. The monoisotopic (exact) mass is 1290 g/mol. The zero-order valence-electron chi connectivity index (χ0n) is 45.8. The molecule has 0 radical (unpaired) electrons. The molecule has 426 valence electrons. The topological polar surface area (TPSA) is 292 Å². The minimum Gasteiger partial charge on any atom is -0.436 e. The summed E-state index contributed by atoms with van der Waals surface area (Å²) in [7, 11) is 0. The Balaban J connectivity index is 0.000000134. The molecule has 86 heavy (non-hydrogen) atoms. The molecule has 0 fully saturated rings. The molecule has 0 aliphatic carbocycles. The second-order valence-corrected chi connectivity index (χ2v) is 20.1. The summed E-state index contributed by atoms with van der Waals surface area (Å²) < 4.78 is 16.3. The average molecular weight is 1290 g/mol. The zero-order chi connectivity index (χ0) is 59.0. The Morgan fingerprint density at radius 3 is 1.27 bits per heavy atom. The highest BCUT2D eigenvalue weighted by Crippen LogP contribution is 2.25. The standard InChI is InChI=1S/C22H17N7O2.C16H10ClN5.C16H10IN5.C6H8N2O2.ClH/c1-13-19(31-14(2)25-13)21(30)26-17-8-9-23-18(10-17)20-27-22-24-11-16(12-29(22)28-20)15-6-4-3-5-7-15;2*17-13-6-7-18-14(8-13)15-20-16-19-9-12(10-22(16)21-15)11-4-2-1-3-5-11;1-3-5(6(7)9)10-4(2)8-3;/h3-12H,1-2H3,(H,23,26,30);2*1-10H;1-2H3,(H2,7,9);1H. The number of nitrogens with one attached hydrogen (secondary N) is 1. The fourth-order valence-electron chi connectivity index (χ4n) is 8.39. The van der Waals surface area contributed by atoms with Gasteiger partial charge in [0.1, 0.15) is 17.1 Å². The fraction of sp³-hybridized carbons (Fsp3) is 0.0667. The van der Waals surface area contributed by atoms with E-state index in [9.17, 15) is 9.59 Å². The number of amides is 2. The molecular formula is C60H46Cl2IN19O4. The van der Waals surface area contributed by atoms with E-state index in [4.69, 9.17) is 26.2 Å². The molecule has 14 aromatic rings. The number of primary amides is 1. The Morgan fingerprint density at radius 2 is 0.884 bits per heavy atom. The van der Waals surface area contributed by atoms with Crippen LogP contribution < -0.4 is 11.1 Å². The third-order valence-corrected chi connectivity index (χ3v) is 13.2. The molecule has 0 bridgehead atoms. The van der Waals surface area contributed by atoms with Crippen molar-refractivity contribution in [1.82, 2.24) is 83.7 Å². The van der Waals surface area contributed by atoms with Gasteiger partial charge in [0, 0.05) is 101 Å². The lowest BCUT2D eigenvalue weighted by Crippen LogP contribution is -2.12. The number of aromatic nitrogens is 17. The molecular weight excluding hydrogens is 1250 g/mol. The molecule has 0 atom stereocenters. The third-order valence-electron chi connectivity index (χ3n) is 12.3. The van der Waals surface area contributed by atoms with Crippen LogP contribution in [0.3, 0.4) is 0 Å². The summed E-state index contributed by atoms with van der Waals surface area (Å²) in [5, 5.41) is 16.8. The highest BCUT2D eigenvalue weighted by molar-refractivity contribution is 14.1. The molecule has 0 aliphatic rings. The van der Waals surface area contributed by atoms with Gasteiger partial charge in [0.05, 0.1) is 11.4 Å². The van der Waals surface area contributed by atoms with Crippen molar-refractivity contribution in [3.8, 4) is 67.9 Å². The summed E-state index contributed by atoms with van der Waals surface area (Å²) in [6, 6.07) is 40.7. The van der Waals surface area contributed by atoms with Crippen LogP contribution in [0.4, 0.5) is 5.69 Å². The molecule has 0 saturated carbocycles. The molecule has 0 unspecified atom stereocenters. The fourth-order valence-corrected chi connectivity index (χ4v) is 9.00. The van der Waals surface area contributed by atoms with E-state index in [0.717, 1.165) is 42.6 Å². The molecule has 11 aromatic heterocycles. The quantitative estimate of drug-likeness (QED) is 0.127. The zero-order valence-corrected chi connectivity index (χ0v) is 49.5. The van der Waals surface area contributed by atoms with Gasteiger partial charge in [0.25, 0.3) is 29.1 Å². The predicted octanol–water partition coefficient (Wildman–Crippen LogP) is 11.5. The van der Waals surface area contributed by atoms with Gasteiger partial charge in [-0.1, -0.05) is 103 Å². The lowest BCUT2D eigenvalue weighted by Gasteiger charge is -2.04. The van der Waals surface area contributed by atoms with Crippen LogP contribution >= 0.6 is 46.6 Å². The van der Waals surface area contributed by atoms with E-state index in [1.165, 1.54) is 0 Å².